The lowest BCUT2D eigenvalue weighted by molar-refractivity contribution is -0.145. The molecule has 0 saturated heterocycles. The van der Waals surface area contributed by atoms with Gasteiger partial charge < -0.3 is 24.6 Å². The van der Waals surface area contributed by atoms with Crippen LogP contribution in [0.1, 0.15) is 29.9 Å². The lowest BCUT2D eigenvalue weighted by atomic mass is 10.2. The maximum absolute atomic E-state index is 12.2. The summed E-state index contributed by atoms with van der Waals surface area (Å²) in [6.07, 6.45) is 1.10. The van der Waals surface area contributed by atoms with E-state index in [-0.39, 0.29) is 23.9 Å². The summed E-state index contributed by atoms with van der Waals surface area (Å²) >= 11 is 0. The highest BCUT2D eigenvalue weighted by Crippen LogP contribution is 2.26. The van der Waals surface area contributed by atoms with Gasteiger partial charge in [0.15, 0.2) is 23.5 Å². The van der Waals surface area contributed by atoms with Crippen molar-refractivity contribution in [1.29, 1.82) is 0 Å². The highest BCUT2D eigenvalue weighted by molar-refractivity contribution is 5.91. The molecular weight excluding hydrogens is 340 g/mol. The topological polar surface area (TPSA) is 108 Å². The smallest absolute Gasteiger partial charge is 0.273 e. The fourth-order valence-corrected chi connectivity index (χ4v) is 2.27. The van der Waals surface area contributed by atoms with Gasteiger partial charge >= 0.3 is 0 Å². The molecule has 0 saturated carbocycles. The molecule has 0 aliphatic heterocycles. The molecule has 1 amide bonds. The minimum atomic E-state index is -0.438. The van der Waals surface area contributed by atoms with E-state index in [1.165, 1.54) is 24.1 Å². The third-order valence-corrected chi connectivity index (χ3v) is 3.51. The lowest BCUT2D eigenvalue weighted by Crippen LogP contribution is -2.24. The minimum absolute atomic E-state index is 0.0451. The molecule has 0 fully saturated rings. The predicted octanol–water partition coefficient (Wildman–Crippen LogP) is 1.32. The standard InChI is InChI=1S/C17H24N4O5/c1-4-25-16(26-5-2)11-21-10-13(19-20-21)17(23)18-9-12-6-7-14(22)15(8-12)24-3/h6-8,10,16,22H,4-5,9,11H2,1-3H3,(H,18,23). The minimum Gasteiger partial charge on any atom is -0.504 e. The molecule has 0 bridgehead atoms. The fourth-order valence-electron chi connectivity index (χ4n) is 2.27. The van der Waals surface area contributed by atoms with Gasteiger partial charge in [-0.25, -0.2) is 4.68 Å². The monoisotopic (exact) mass is 364 g/mol. The van der Waals surface area contributed by atoms with E-state index in [4.69, 9.17) is 14.2 Å². The summed E-state index contributed by atoms with van der Waals surface area (Å²) in [5, 5.41) is 20.1. The van der Waals surface area contributed by atoms with Crippen LogP contribution in [0.15, 0.2) is 24.4 Å². The summed E-state index contributed by atoms with van der Waals surface area (Å²) in [7, 11) is 1.47. The first-order valence-electron chi connectivity index (χ1n) is 8.34. The summed E-state index contributed by atoms with van der Waals surface area (Å²) in [6.45, 7) is 5.40. The number of nitrogens with one attached hydrogen (secondary N) is 1. The average molecular weight is 364 g/mol. The highest BCUT2D eigenvalue weighted by atomic mass is 16.7. The highest BCUT2D eigenvalue weighted by Gasteiger charge is 2.14. The van der Waals surface area contributed by atoms with E-state index in [0.29, 0.717) is 25.5 Å². The largest absolute Gasteiger partial charge is 0.504 e. The van der Waals surface area contributed by atoms with Gasteiger partial charge in [-0.15, -0.1) is 5.10 Å². The molecular formula is C17H24N4O5. The van der Waals surface area contributed by atoms with Crippen LogP contribution in [-0.2, 0) is 22.6 Å². The summed E-state index contributed by atoms with van der Waals surface area (Å²) in [6, 6.07) is 4.86. The second-order valence-corrected chi connectivity index (χ2v) is 5.35. The van der Waals surface area contributed by atoms with E-state index in [0.717, 1.165) is 5.56 Å². The number of amides is 1. The molecule has 142 valence electrons. The van der Waals surface area contributed by atoms with Crippen LogP contribution < -0.4 is 10.1 Å². The van der Waals surface area contributed by atoms with E-state index in [9.17, 15) is 9.90 Å². The second-order valence-electron chi connectivity index (χ2n) is 5.35. The maximum atomic E-state index is 12.2. The van der Waals surface area contributed by atoms with Crippen LogP contribution >= 0.6 is 0 Å². The van der Waals surface area contributed by atoms with Crippen molar-refractivity contribution in [2.45, 2.75) is 33.2 Å². The molecule has 9 nitrogen and oxygen atoms in total. The Hall–Kier alpha value is -2.65. The van der Waals surface area contributed by atoms with Gasteiger partial charge in [0.1, 0.15) is 0 Å². The molecule has 2 rings (SSSR count). The first kappa shape index (κ1) is 19.7. The summed E-state index contributed by atoms with van der Waals surface area (Å²) in [4.78, 5) is 12.2. The van der Waals surface area contributed by atoms with Gasteiger partial charge in [-0.2, -0.15) is 0 Å². The van der Waals surface area contributed by atoms with Crippen molar-refractivity contribution >= 4 is 5.91 Å². The number of rotatable bonds is 10. The molecule has 2 aromatic rings. The number of phenolic OH excluding ortho intramolecular Hbond substituents is 1. The molecule has 0 spiro atoms. The van der Waals surface area contributed by atoms with Crippen LogP contribution in [0, 0.1) is 0 Å². The van der Waals surface area contributed by atoms with Crippen molar-refractivity contribution in [1.82, 2.24) is 20.3 Å². The zero-order valence-electron chi connectivity index (χ0n) is 15.1. The molecule has 26 heavy (non-hydrogen) atoms. The summed E-state index contributed by atoms with van der Waals surface area (Å²) in [5.74, 6) is 0.0388. The van der Waals surface area contributed by atoms with Gasteiger partial charge in [0.05, 0.1) is 19.9 Å². The van der Waals surface area contributed by atoms with Gasteiger partial charge in [0.2, 0.25) is 0 Å². The number of carbonyl (C=O) groups is 1. The third-order valence-electron chi connectivity index (χ3n) is 3.51. The quantitative estimate of drug-likeness (QED) is 0.612. The normalized spacial score (nSPS) is 10.9. The number of carbonyl (C=O) groups excluding carboxylic acids is 1. The number of aromatic nitrogens is 3. The van der Waals surface area contributed by atoms with Crippen molar-refractivity contribution in [3.05, 3.63) is 35.7 Å². The summed E-state index contributed by atoms with van der Waals surface area (Å²) in [5.41, 5.74) is 0.982. The van der Waals surface area contributed by atoms with Gasteiger partial charge in [-0.3, -0.25) is 4.79 Å². The first-order valence-corrected chi connectivity index (χ1v) is 8.34. The lowest BCUT2D eigenvalue weighted by Gasteiger charge is -2.16. The maximum Gasteiger partial charge on any atom is 0.273 e. The van der Waals surface area contributed by atoms with E-state index in [1.807, 2.05) is 13.8 Å². The first-order chi connectivity index (χ1) is 12.6. The van der Waals surface area contributed by atoms with Gasteiger partial charge in [-0.1, -0.05) is 11.3 Å². The van der Waals surface area contributed by atoms with Crippen LogP contribution in [0.25, 0.3) is 0 Å². The number of methoxy groups -OCH3 is 1. The molecule has 0 atom stereocenters. The number of hydrogen-bond acceptors (Lipinski definition) is 7. The van der Waals surface area contributed by atoms with E-state index in [1.54, 1.807) is 12.1 Å². The Kier molecular flexibility index (Phi) is 7.37. The van der Waals surface area contributed by atoms with Crippen molar-refractivity contribution in [3.63, 3.8) is 0 Å². The van der Waals surface area contributed by atoms with E-state index in [2.05, 4.69) is 15.6 Å². The van der Waals surface area contributed by atoms with Crippen LogP contribution in [0.5, 0.6) is 11.5 Å². The number of benzene rings is 1. The Balaban J connectivity index is 1.93. The Morgan fingerprint density at radius 3 is 2.69 bits per heavy atom. The number of phenols is 1. The van der Waals surface area contributed by atoms with Crippen LogP contribution in [0.3, 0.4) is 0 Å². The van der Waals surface area contributed by atoms with Crippen LogP contribution in [0.4, 0.5) is 0 Å². The Morgan fingerprint density at radius 1 is 1.31 bits per heavy atom. The Morgan fingerprint density at radius 2 is 2.04 bits per heavy atom. The second kappa shape index (κ2) is 9.73. The number of hydrogen-bond donors (Lipinski definition) is 2. The zero-order valence-corrected chi connectivity index (χ0v) is 15.1. The van der Waals surface area contributed by atoms with Crippen molar-refractivity contribution in [3.8, 4) is 11.5 Å². The molecule has 1 aromatic heterocycles. The zero-order chi connectivity index (χ0) is 18.9. The molecule has 0 unspecified atom stereocenters. The fraction of sp³-hybridized carbons (Fsp3) is 0.471. The van der Waals surface area contributed by atoms with Crippen molar-refractivity contribution in [2.75, 3.05) is 20.3 Å². The van der Waals surface area contributed by atoms with Crippen molar-refractivity contribution in [2.24, 2.45) is 0 Å². The molecule has 9 heteroatoms. The molecule has 1 heterocycles. The molecule has 0 radical (unpaired) electrons. The Labute approximate surface area is 151 Å². The molecule has 0 aliphatic carbocycles. The number of aromatic hydroxyl groups is 1. The van der Waals surface area contributed by atoms with Gasteiger partial charge in [0.25, 0.3) is 5.91 Å². The Bertz CT molecular complexity index is 713. The van der Waals surface area contributed by atoms with E-state index < -0.39 is 6.29 Å². The van der Waals surface area contributed by atoms with E-state index >= 15 is 0 Å². The average Bonchev–Trinajstić information content (AvgIpc) is 3.10. The van der Waals surface area contributed by atoms with Gasteiger partial charge in [0, 0.05) is 19.8 Å². The molecule has 1 aromatic carbocycles. The van der Waals surface area contributed by atoms with Crippen LogP contribution in [0.2, 0.25) is 0 Å². The summed E-state index contributed by atoms with van der Waals surface area (Å²) < 4.78 is 17.5. The van der Waals surface area contributed by atoms with Gasteiger partial charge in [-0.05, 0) is 31.5 Å². The molecule has 2 N–H and O–H groups in total. The molecule has 0 aliphatic rings. The number of ether oxygens (including phenoxy) is 3. The predicted molar refractivity (Wildman–Crippen MR) is 92.9 cm³/mol. The van der Waals surface area contributed by atoms with Crippen molar-refractivity contribution < 1.29 is 24.1 Å². The van der Waals surface area contributed by atoms with Crippen LogP contribution in [-0.4, -0.2) is 52.6 Å². The third kappa shape index (κ3) is 5.43. The number of nitrogens with zero attached hydrogens (tertiary/aromatic N) is 3. The SMILES string of the molecule is CCOC(Cn1cc(C(=O)NCc2ccc(O)c(OC)c2)nn1)OCC.